The van der Waals surface area contributed by atoms with E-state index in [1.807, 2.05) is 28.8 Å². The summed E-state index contributed by atoms with van der Waals surface area (Å²) in [6, 6.07) is 17.4. The molecule has 1 amide bonds. The lowest BCUT2D eigenvalue weighted by Gasteiger charge is -2.38. The topological polar surface area (TPSA) is 59.3 Å². The van der Waals surface area contributed by atoms with Gasteiger partial charge < -0.3 is 5.32 Å². The van der Waals surface area contributed by atoms with Crippen LogP contribution in [0.2, 0.25) is 0 Å². The minimum absolute atomic E-state index is 0.0561. The first-order valence-corrected chi connectivity index (χ1v) is 11.9. The standard InChI is InChI=1S/C26H32N4O2/c1-27-25(31)18-29-23-12-6-7-13-24(23)30(26(29)32)20-14-16-28(17-15-20)22-11-5-3-9-19-8-2-4-10-21(19)22/h2,4,6-8,10,12-13,20,22H,3,5,9,11,14-18H2,1H3,(H,27,31). The monoisotopic (exact) mass is 432 g/mol. The highest BCUT2D eigenvalue weighted by atomic mass is 16.2. The number of rotatable bonds is 4. The van der Waals surface area contributed by atoms with Crippen LogP contribution in [-0.2, 0) is 17.8 Å². The Morgan fingerprint density at radius 1 is 0.969 bits per heavy atom. The van der Waals surface area contributed by atoms with Gasteiger partial charge in [-0.3, -0.25) is 18.8 Å². The average Bonchev–Trinajstić information content (AvgIpc) is 2.97. The first-order valence-electron chi connectivity index (χ1n) is 11.9. The molecule has 0 radical (unpaired) electrons. The number of piperidine rings is 1. The lowest BCUT2D eigenvalue weighted by atomic mass is 9.94. The zero-order chi connectivity index (χ0) is 22.1. The average molecular weight is 433 g/mol. The number of fused-ring (bicyclic) bond motifs is 2. The molecule has 1 atom stereocenters. The number of aryl methyl sites for hydroxylation is 1. The predicted molar refractivity (Wildman–Crippen MR) is 127 cm³/mol. The van der Waals surface area contributed by atoms with Gasteiger partial charge in [0.05, 0.1) is 11.0 Å². The van der Waals surface area contributed by atoms with Gasteiger partial charge in [0.2, 0.25) is 5.91 Å². The number of carbonyl (C=O) groups is 1. The molecule has 1 unspecified atom stereocenters. The Hall–Kier alpha value is -2.86. The summed E-state index contributed by atoms with van der Waals surface area (Å²) in [5.41, 5.74) is 4.70. The van der Waals surface area contributed by atoms with Crippen molar-refractivity contribution in [3.05, 3.63) is 70.1 Å². The van der Waals surface area contributed by atoms with E-state index in [0.29, 0.717) is 6.04 Å². The molecular formula is C26H32N4O2. The number of carbonyl (C=O) groups excluding carboxylic acids is 1. The molecular weight excluding hydrogens is 400 g/mol. The molecule has 2 aromatic carbocycles. The Labute approximate surface area is 188 Å². The van der Waals surface area contributed by atoms with Crippen molar-refractivity contribution >= 4 is 16.9 Å². The molecule has 2 heterocycles. The molecule has 0 saturated carbocycles. The number of nitrogens with zero attached hydrogens (tertiary/aromatic N) is 3. The number of benzene rings is 2. The van der Waals surface area contributed by atoms with Gasteiger partial charge in [-0.05, 0) is 55.4 Å². The van der Waals surface area contributed by atoms with Gasteiger partial charge >= 0.3 is 5.69 Å². The Morgan fingerprint density at radius 2 is 1.69 bits per heavy atom. The molecule has 1 aliphatic carbocycles. The molecule has 32 heavy (non-hydrogen) atoms. The van der Waals surface area contributed by atoms with E-state index in [-0.39, 0.29) is 24.2 Å². The predicted octanol–water partition coefficient (Wildman–Crippen LogP) is 3.65. The summed E-state index contributed by atoms with van der Waals surface area (Å²) in [5.74, 6) is -0.156. The molecule has 1 N–H and O–H groups in total. The van der Waals surface area contributed by atoms with Crippen LogP contribution in [-0.4, -0.2) is 40.1 Å². The molecule has 3 aromatic rings. The highest BCUT2D eigenvalue weighted by molar-refractivity contribution is 5.80. The summed E-state index contributed by atoms with van der Waals surface area (Å²) in [5, 5.41) is 2.63. The second-order valence-corrected chi connectivity index (χ2v) is 9.13. The summed E-state index contributed by atoms with van der Waals surface area (Å²) in [4.78, 5) is 28.0. The van der Waals surface area contributed by atoms with Crippen LogP contribution in [0, 0.1) is 0 Å². The number of imidazole rings is 1. The summed E-state index contributed by atoms with van der Waals surface area (Å²) in [6.07, 6.45) is 6.84. The fraction of sp³-hybridized carbons (Fsp3) is 0.462. The molecule has 0 bridgehead atoms. The van der Waals surface area contributed by atoms with Gasteiger partial charge in [0, 0.05) is 32.2 Å². The quantitative estimate of drug-likeness (QED) is 0.640. The van der Waals surface area contributed by atoms with E-state index < -0.39 is 0 Å². The van der Waals surface area contributed by atoms with Gasteiger partial charge in [-0.25, -0.2) is 4.79 Å². The van der Waals surface area contributed by atoms with Gasteiger partial charge in [-0.15, -0.1) is 0 Å². The van der Waals surface area contributed by atoms with Crippen molar-refractivity contribution < 1.29 is 4.79 Å². The molecule has 1 aliphatic heterocycles. The fourth-order valence-electron chi connectivity index (χ4n) is 5.69. The molecule has 1 fully saturated rings. The van der Waals surface area contributed by atoms with E-state index in [4.69, 9.17) is 0 Å². The van der Waals surface area contributed by atoms with E-state index in [9.17, 15) is 9.59 Å². The normalized spacial score (nSPS) is 20.1. The summed E-state index contributed by atoms with van der Waals surface area (Å²) >= 11 is 0. The van der Waals surface area contributed by atoms with E-state index in [2.05, 4.69) is 34.5 Å². The van der Waals surface area contributed by atoms with E-state index in [1.54, 1.807) is 11.6 Å². The molecule has 168 valence electrons. The number of para-hydroxylation sites is 2. The van der Waals surface area contributed by atoms with Crippen LogP contribution >= 0.6 is 0 Å². The van der Waals surface area contributed by atoms with Crippen molar-refractivity contribution in [2.75, 3.05) is 20.1 Å². The zero-order valence-electron chi connectivity index (χ0n) is 18.8. The molecule has 5 rings (SSSR count). The van der Waals surface area contributed by atoms with Crippen LogP contribution in [0.25, 0.3) is 11.0 Å². The SMILES string of the molecule is CNC(=O)Cn1c(=O)n(C2CCN(C3CCCCc4ccccc43)CC2)c2ccccc21. The van der Waals surface area contributed by atoms with Crippen LogP contribution in [0.4, 0.5) is 0 Å². The maximum atomic E-state index is 13.4. The largest absolute Gasteiger partial charge is 0.358 e. The van der Waals surface area contributed by atoms with Gasteiger partial charge in [0.25, 0.3) is 0 Å². The first-order chi connectivity index (χ1) is 15.7. The van der Waals surface area contributed by atoms with Gasteiger partial charge in [0.15, 0.2) is 0 Å². The van der Waals surface area contributed by atoms with Crippen LogP contribution < -0.4 is 11.0 Å². The summed E-state index contributed by atoms with van der Waals surface area (Å²) in [6.45, 7) is 2.04. The highest BCUT2D eigenvalue weighted by Crippen LogP contribution is 2.36. The van der Waals surface area contributed by atoms with Crippen LogP contribution in [0.15, 0.2) is 53.3 Å². The molecule has 1 saturated heterocycles. The third kappa shape index (κ3) is 3.77. The van der Waals surface area contributed by atoms with Crippen molar-refractivity contribution in [1.29, 1.82) is 0 Å². The third-order valence-electron chi connectivity index (χ3n) is 7.34. The number of aromatic nitrogens is 2. The van der Waals surface area contributed by atoms with Crippen LogP contribution in [0.3, 0.4) is 0 Å². The second kappa shape index (κ2) is 8.94. The Bertz CT molecular complexity index is 1170. The van der Waals surface area contributed by atoms with E-state index in [1.165, 1.54) is 36.8 Å². The Kier molecular flexibility index (Phi) is 5.87. The second-order valence-electron chi connectivity index (χ2n) is 9.13. The van der Waals surface area contributed by atoms with Crippen molar-refractivity contribution in [2.24, 2.45) is 0 Å². The number of hydrogen-bond acceptors (Lipinski definition) is 3. The molecule has 0 spiro atoms. The maximum Gasteiger partial charge on any atom is 0.329 e. The number of likely N-dealkylation sites (N-methyl/N-ethyl adjacent to an activating group) is 1. The van der Waals surface area contributed by atoms with Gasteiger partial charge in [0.1, 0.15) is 6.54 Å². The molecule has 2 aliphatic rings. The minimum atomic E-state index is -0.156. The van der Waals surface area contributed by atoms with E-state index in [0.717, 1.165) is 37.0 Å². The number of nitrogens with one attached hydrogen (secondary N) is 1. The summed E-state index contributed by atoms with van der Waals surface area (Å²) in [7, 11) is 1.61. The Morgan fingerprint density at radius 3 is 2.47 bits per heavy atom. The third-order valence-corrected chi connectivity index (χ3v) is 7.34. The highest BCUT2D eigenvalue weighted by Gasteiger charge is 2.30. The van der Waals surface area contributed by atoms with Gasteiger partial charge in [-0.1, -0.05) is 42.8 Å². The molecule has 6 nitrogen and oxygen atoms in total. The summed E-state index contributed by atoms with van der Waals surface area (Å²) < 4.78 is 3.55. The number of hydrogen-bond donors (Lipinski definition) is 1. The fourth-order valence-corrected chi connectivity index (χ4v) is 5.69. The smallest absolute Gasteiger partial charge is 0.329 e. The lowest BCUT2D eigenvalue weighted by molar-refractivity contribution is -0.121. The van der Waals surface area contributed by atoms with Gasteiger partial charge in [-0.2, -0.15) is 0 Å². The van der Waals surface area contributed by atoms with Crippen molar-refractivity contribution in [3.8, 4) is 0 Å². The van der Waals surface area contributed by atoms with Crippen molar-refractivity contribution in [1.82, 2.24) is 19.4 Å². The lowest BCUT2D eigenvalue weighted by Crippen LogP contribution is -2.40. The van der Waals surface area contributed by atoms with E-state index >= 15 is 0 Å². The van der Waals surface area contributed by atoms with Crippen LogP contribution in [0.1, 0.15) is 55.3 Å². The van der Waals surface area contributed by atoms with Crippen molar-refractivity contribution in [2.45, 2.75) is 57.2 Å². The number of likely N-dealkylation sites (tertiary alicyclic amines) is 1. The maximum absolute atomic E-state index is 13.4. The number of amides is 1. The molecule has 1 aromatic heterocycles. The minimum Gasteiger partial charge on any atom is -0.358 e. The molecule has 6 heteroatoms. The van der Waals surface area contributed by atoms with Crippen molar-refractivity contribution in [3.63, 3.8) is 0 Å². The van der Waals surface area contributed by atoms with Crippen LogP contribution in [0.5, 0.6) is 0 Å². The first kappa shape index (κ1) is 21.0. The Balaban J connectivity index is 1.40. The zero-order valence-corrected chi connectivity index (χ0v) is 18.8.